The summed E-state index contributed by atoms with van der Waals surface area (Å²) >= 11 is 0. The van der Waals surface area contributed by atoms with Crippen LogP contribution in [0, 0.1) is 20.8 Å². The van der Waals surface area contributed by atoms with Gasteiger partial charge in [0.1, 0.15) is 6.10 Å². The van der Waals surface area contributed by atoms with Gasteiger partial charge in [0.15, 0.2) is 5.82 Å². The van der Waals surface area contributed by atoms with Crippen LogP contribution in [0.4, 0.5) is 5.82 Å². The third-order valence-electron chi connectivity index (χ3n) is 4.92. The first-order valence-corrected chi connectivity index (χ1v) is 10.9. The van der Waals surface area contributed by atoms with Crippen LogP contribution in [0.15, 0.2) is 29.2 Å². The fourth-order valence-corrected chi connectivity index (χ4v) is 5.63. The van der Waals surface area contributed by atoms with Gasteiger partial charge in [-0.1, -0.05) is 17.7 Å². The summed E-state index contributed by atoms with van der Waals surface area (Å²) in [4.78, 5) is 2.27. The molecule has 1 aromatic heterocycles. The lowest BCUT2D eigenvalue weighted by atomic mass is 10.1. The first-order valence-electron chi connectivity index (χ1n) is 9.44. The van der Waals surface area contributed by atoms with Crippen molar-refractivity contribution in [3.05, 3.63) is 41.0 Å². The second-order valence-electron chi connectivity index (χ2n) is 7.60. The van der Waals surface area contributed by atoms with Crippen LogP contribution in [0.2, 0.25) is 0 Å². The predicted molar refractivity (Wildman–Crippen MR) is 109 cm³/mol. The number of benzene rings is 1. The molecule has 1 aromatic carbocycles. The number of aromatic nitrogens is 2. The molecule has 1 fully saturated rings. The van der Waals surface area contributed by atoms with Gasteiger partial charge in [-0.05, 0) is 50.8 Å². The number of ether oxygens (including phenoxy) is 1. The average Bonchev–Trinajstić information content (AvgIpc) is 2.61. The highest BCUT2D eigenvalue weighted by Gasteiger charge is 2.33. The van der Waals surface area contributed by atoms with Gasteiger partial charge >= 0.3 is 0 Å². The molecule has 8 heteroatoms. The van der Waals surface area contributed by atoms with Gasteiger partial charge in [0.05, 0.1) is 11.4 Å². The molecule has 1 saturated heterocycles. The van der Waals surface area contributed by atoms with Gasteiger partial charge in [0.2, 0.25) is 15.9 Å². The largest absolute Gasteiger partial charge is 0.472 e. The zero-order chi connectivity index (χ0) is 20.5. The molecule has 7 nitrogen and oxygen atoms in total. The molecular formula is C20H28N4O3S. The first-order chi connectivity index (χ1) is 13.2. The van der Waals surface area contributed by atoms with Crippen molar-refractivity contribution in [1.82, 2.24) is 14.5 Å². The summed E-state index contributed by atoms with van der Waals surface area (Å²) < 4.78 is 34.1. The molecule has 2 heterocycles. The van der Waals surface area contributed by atoms with Crippen molar-refractivity contribution in [1.29, 1.82) is 0 Å². The van der Waals surface area contributed by atoms with Gasteiger partial charge in [-0.2, -0.15) is 4.31 Å². The van der Waals surface area contributed by atoms with Crippen molar-refractivity contribution in [3.8, 4) is 5.88 Å². The van der Waals surface area contributed by atoms with E-state index < -0.39 is 10.0 Å². The lowest BCUT2D eigenvalue weighted by Crippen LogP contribution is -2.44. The summed E-state index contributed by atoms with van der Waals surface area (Å²) in [6, 6.07) is 7.43. The lowest BCUT2D eigenvalue weighted by molar-refractivity contribution is 0.123. The molecule has 1 aliphatic heterocycles. The van der Waals surface area contributed by atoms with Crippen molar-refractivity contribution in [2.24, 2.45) is 0 Å². The smallest absolute Gasteiger partial charge is 0.243 e. The van der Waals surface area contributed by atoms with E-state index in [1.54, 1.807) is 6.07 Å². The van der Waals surface area contributed by atoms with Crippen LogP contribution in [0.5, 0.6) is 5.88 Å². The van der Waals surface area contributed by atoms with E-state index in [1.165, 1.54) is 4.31 Å². The Morgan fingerprint density at radius 1 is 1.11 bits per heavy atom. The van der Waals surface area contributed by atoms with E-state index in [9.17, 15) is 8.42 Å². The molecule has 0 bridgehead atoms. The third kappa shape index (κ3) is 4.28. The number of hydrogen-bond acceptors (Lipinski definition) is 6. The maximum absolute atomic E-state index is 13.3. The molecule has 1 aliphatic rings. The summed E-state index contributed by atoms with van der Waals surface area (Å²) in [5.41, 5.74) is 2.63. The molecule has 3 rings (SSSR count). The normalized spacial score (nSPS) is 18.1. The van der Waals surface area contributed by atoms with Gasteiger partial charge in [0.25, 0.3) is 0 Å². The van der Waals surface area contributed by atoms with Crippen molar-refractivity contribution in [3.63, 3.8) is 0 Å². The maximum Gasteiger partial charge on any atom is 0.243 e. The second kappa shape index (κ2) is 8.05. The van der Waals surface area contributed by atoms with Crippen molar-refractivity contribution in [2.45, 2.75) is 44.6 Å². The summed E-state index contributed by atoms with van der Waals surface area (Å²) in [5, 5.41) is 8.21. The minimum atomic E-state index is -3.57. The number of nitrogens with zero attached hydrogens (tertiary/aromatic N) is 4. The monoisotopic (exact) mass is 404 g/mol. The summed E-state index contributed by atoms with van der Waals surface area (Å²) in [7, 11) is 0.212. The number of sulfonamides is 1. The van der Waals surface area contributed by atoms with Crippen LogP contribution >= 0.6 is 0 Å². The zero-order valence-electron chi connectivity index (χ0n) is 17.1. The average molecular weight is 405 g/mol. The van der Waals surface area contributed by atoms with Crippen LogP contribution in [-0.2, 0) is 10.0 Å². The standard InChI is InChI=1S/C20H28N4O3S/c1-14-11-15(2)20(16(3)12-14)28(25,26)24-10-6-7-17(13-24)27-19-9-8-18(21-22-19)23(4)5/h8-9,11-12,17H,6-7,10,13H2,1-5H3. The molecule has 0 aliphatic carbocycles. The van der Waals surface area contributed by atoms with Gasteiger partial charge < -0.3 is 9.64 Å². The Kier molecular flexibility index (Phi) is 5.90. The van der Waals surface area contributed by atoms with Crippen LogP contribution in [0.3, 0.4) is 0 Å². The van der Waals surface area contributed by atoms with E-state index in [4.69, 9.17) is 4.74 Å². The van der Waals surface area contributed by atoms with E-state index in [1.807, 2.05) is 58.0 Å². The summed E-state index contributed by atoms with van der Waals surface area (Å²) in [5.74, 6) is 1.16. The quantitative estimate of drug-likeness (QED) is 0.763. The highest BCUT2D eigenvalue weighted by molar-refractivity contribution is 7.89. The highest BCUT2D eigenvalue weighted by Crippen LogP contribution is 2.28. The molecule has 2 aromatic rings. The number of anilines is 1. The fraction of sp³-hybridized carbons (Fsp3) is 0.500. The van der Waals surface area contributed by atoms with E-state index in [-0.39, 0.29) is 6.10 Å². The third-order valence-corrected chi connectivity index (χ3v) is 7.09. The summed E-state index contributed by atoms with van der Waals surface area (Å²) in [6.45, 7) is 6.50. The Balaban J connectivity index is 1.77. The van der Waals surface area contributed by atoms with Gasteiger partial charge in [-0.15, -0.1) is 10.2 Å². The molecule has 0 N–H and O–H groups in total. The Morgan fingerprint density at radius 2 is 1.79 bits per heavy atom. The molecule has 1 unspecified atom stereocenters. The predicted octanol–water partition coefficient (Wildman–Crippen LogP) is 2.70. The molecule has 152 valence electrons. The molecule has 28 heavy (non-hydrogen) atoms. The van der Waals surface area contributed by atoms with E-state index in [0.29, 0.717) is 23.9 Å². The molecule has 0 spiro atoms. The van der Waals surface area contributed by atoms with Crippen LogP contribution in [-0.4, -0.2) is 56.2 Å². The Labute approximate surface area is 167 Å². The van der Waals surface area contributed by atoms with Gasteiger partial charge in [-0.25, -0.2) is 8.42 Å². The fourth-order valence-electron chi connectivity index (χ4n) is 3.71. The molecular weight excluding hydrogens is 376 g/mol. The van der Waals surface area contributed by atoms with Crippen LogP contribution in [0.1, 0.15) is 29.5 Å². The SMILES string of the molecule is Cc1cc(C)c(S(=O)(=O)N2CCCC(Oc3ccc(N(C)C)nn3)C2)c(C)c1. The number of aryl methyl sites for hydroxylation is 3. The minimum Gasteiger partial charge on any atom is -0.472 e. The van der Waals surface area contributed by atoms with Crippen molar-refractivity contribution < 1.29 is 13.2 Å². The Bertz CT molecular complexity index is 919. The molecule has 0 radical (unpaired) electrons. The van der Waals surface area contributed by atoms with E-state index in [2.05, 4.69) is 10.2 Å². The Morgan fingerprint density at radius 3 is 2.36 bits per heavy atom. The number of rotatable bonds is 5. The van der Waals surface area contributed by atoms with Gasteiger partial charge in [-0.3, -0.25) is 0 Å². The maximum atomic E-state index is 13.3. The van der Waals surface area contributed by atoms with Crippen molar-refractivity contribution >= 4 is 15.8 Å². The van der Waals surface area contributed by atoms with E-state index in [0.717, 1.165) is 35.3 Å². The van der Waals surface area contributed by atoms with Crippen LogP contribution in [0.25, 0.3) is 0 Å². The van der Waals surface area contributed by atoms with Crippen LogP contribution < -0.4 is 9.64 Å². The van der Waals surface area contributed by atoms with Crippen molar-refractivity contribution in [2.75, 3.05) is 32.1 Å². The molecule has 0 amide bonds. The van der Waals surface area contributed by atoms with E-state index >= 15 is 0 Å². The topological polar surface area (TPSA) is 75.6 Å². The van der Waals surface area contributed by atoms with Gasteiger partial charge in [0, 0.05) is 26.7 Å². The minimum absolute atomic E-state index is 0.242. The number of hydrogen-bond donors (Lipinski definition) is 0. The summed E-state index contributed by atoms with van der Waals surface area (Å²) in [6.07, 6.45) is 1.29. The highest BCUT2D eigenvalue weighted by atomic mass is 32.2. The zero-order valence-corrected chi connectivity index (χ0v) is 18.0. The number of piperidine rings is 1. The molecule has 1 atom stereocenters. The molecule has 0 saturated carbocycles. The second-order valence-corrected chi connectivity index (χ2v) is 9.47. The lowest BCUT2D eigenvalue weighted by Gasteiger charge is -2.32. The first kappa shape index (κ1) is 20.5. The Hall–Kier alpha value is -2.19.